The van der Waals surface area contributed by atoms with Crippen LogP contribution in [0.25, 0.3) is 11.0 Å². The molecule has 25 heavy (non-hydrogen) atoms. The molecule has 2 atom stereocenters. The Morgan fingerprint density at radius 3 is 3.08 bits per heavy atom. The molecule has 1 amide bonds. The third-order valence-electron chi connectivity index (χ3n) is 4.06. The van der Waals surface area contributed by atoms with Gasteiger partial charge in [0.1, 0.15) is 30.5 Å². The van der Waals surface area contributed by atoms with E-state index in [0.29, 0.717) is 16.9 Å². The smallest absolute Gasteiger partial charge is 0.292 e. The van der Waals surface area contributed by atoms with Gasteiger partial charge in [-0.15, -0.1) is 0 Å². The topological polar surface area (TPSA) is 84.2 Å². The zero-order chi connectivity index (χ0) is 17.4. The van der Waals surface area contributed by atoms with Gasteiger partial charge < -0.3 is 19.1 Å². The molecule has 1 aliphatic heterocycles. The number of benzene rings is 1. The summed E-state index contributed by atoms with van der Waals surface area (Å²) in [4.78, 5) is 20.7. The number of amides is 1. The van der Waals surface area contributed by atoms with Crippen LogP contribution < -0.4 is 0 Å². The second-order valence-corrected chi connectivity index (χ2v) is 5.80. The van der Waals surface area contributed by atoms with Crippen LogP contribution in [-0.4, -0.2) is 51.3 Å². The number of carbonyl (C=O) groups excluding carboxylic acids is 1. The molecule has 130 valence electrons. The number of halogens is 2. The number of aromatic amines is 1. The van der Waals surface area contributed by atoms with Crippen LogP contribution >= 0.6 is 0 Å². The van der Waals surface area contributed by atoms with Gasteiger partial charge in [-0.25, -0.2) is 13.8 Å². The zero-order valence-corrected chi connectivity index (χ0v) is 13.0. The van der Waals surface area contributed by atoms with Crippen molar-refractivity contribution in [3.8, 4) is 0 Å². The molecule has 2 aromatic heterocycles. The maximum absolute atomic E-state index is 14.2. The Hall–Kier alpha value is -2.81. The highest BCUT2D eigenvalue weighted by Crippen LogP contribution is 2.21. The number of nitrogens with zero attached hydrogens (tertiary/aromatic N) is 3. The first kappa shape index (κ1) is 15.7. The normalized spacial score (nSPS) is 20.5. The molecule has 0 bridgehead atoms. The van der Waals surface area contributed by atoms with Crippen LogP contribution in [0.2, 0.25) is 0 Å². The van der Waals surface area contributed by atoms with Gasteiger partial charge in [0, 0.05) is 6.07 Å². The maximum Gasteiger partial charge on any atom is 0.292 e. The molecule has 3 aromatic rings. The number of carbonyl (C=O) groups is 1. The van der Waals surface area contributed by atoms with Gasteiger partial charge in [-0.1, -0.05) is 5.16 Å². The van der Waals surface area contributed by atoms with E-state index in [1.54, 1.807) is 6.07 Å². The highest BCUT2D eigenvalue weighted by Gasteiger charge is 2.37. The number of hydrogen-bond donors (Lipinski definition) is 1. The number of nitrogens with one attached hydrogen (secondary N) is 1. The molecule has 0 radical (unpaired) electrons. The second-order valence-electron chi connectivity index (χ2n) is 5.80. The summed E-state index contributed by atoms with van der Waals surface area (Å²) in [6.45, 7) is 0.0663. The second kappa shape index (κ2) is 6.25. The lowest BCUT2D eigenvalue weighted by atomic mass is 10.3. The largest absolute Gasteiger partial charge is 0.365 e. The number of imidazole rings is 1. The minimum Gasteiger partial charge on any atom is -0.365 e. The van der Waals surface area contributed by atoms with E-state index in [1.165, 1.54) is 29.3 Å². The Morgan fingerprint density at radius 1 is 1.40 bits per heavy atom. The van der Waals surface area contributed by atoms with Crippen molar-refractivity contribution in [1.29, 1.82) is 0 Å². The average molecular weight is 348 g/mol. The van der Waals surface area contributed by atoms with Crippen LogP contribution in [-0.2, 0) is 11.3 Å². The van der Waals surface area contributed by atoms with Crippen molar-refractivity contribution < 1.29 is 22.8 Å². The molecule has 1 saturated heterocycles. The molecule has 7 nitrogen and oxygen atoms in total. The van der Waals surface area contributed by atoms with Gasteiger partial charge in [-0.2, -0.15) is 0 Å². The number of alkyl halides is 1. The first-order valence-corrected chi connectivity index (χ1v) is 7.70. The van der Waals surface area contributed by atoms with Gasteiger partial charge in [-0.3, -0.25) is 4.79 Å². The van der Waals surface area contributed by atoms with Crippen molar-refractivity contribution in [1.82, 2.24) is 20.0 Å². The lowest BCUT2D eigenvalue weighted by Gasteiger charge is -2.14. The van der Waals surface area contributed by atoms with Gasteiger partial charge in [0.25, 0.3) is 5.91 Å². The standard InChI is InChI=1S/C16H14F2N4O3/c17-9-1-2-11-12(5-9)21-15(20-11)8-24-14-7-22(6-10(14)18)16(23)13-3-4-19-25-13/h1-5,10,14H,6-8H2,(H,20,21)/t10-,14+/m1/s1. The molecule has 1 aromatic carbocycles. The minimum absolute atomic E-state index is 0.0335. The monoisotopic (exact) mass is 348 g/mol. The van der Waals surface area contributed by atoms with Crippen LogP contribution in [0.1, 0.15) is 16.4 Å². The van der Waals surface area contributed by atoms with Crippen molar-refractivity contribution >= 4 is 16.9 Å². The number of ether oxygens (including phenoxy) is 1. The molecular formula is C16H14F2N4O3. The van der Waals surface area contributed by atoms with Crippen LogP contribution in [0, 0.1) is 5.82 Å². The zero-order valence-electron chi connectivity index (χ0n) is 13.0. The summed E-state index contributed by atoms with van der Waals surface area (Å²) in [7, 11) is 0. The number of fused-ring (bicyclic) bond motifs is 1. The lowest BCUT2D eigenvalue weighted by Crippen LogP contribution is -2.29. The summed E-state index contributed by atoms with van der Waals surface area (Å²) in [5.41, 5.74) is 1.15. The van der Waals surface area contributed by atoms with E-state index in [-0.39, 0.29) is 31.3 Å². The third-order valence-corrected chi connectivity index (χ3v) is 4.06. The third kappa shape index (κ3) is 3.10. The van der Waals surface area contributed by atoms with Crippen molar-refractivity contribution in [3.05, 3.63) is 47.9 Å². The number of likely N-dealkylation sites (tertiary alicyclic amines) is 1. The Kier molecular flexibility index (Phi) is 3.92. The maximum atomic E-state index is 14.2. The number of H-pyrrole nitrogens is 1. The molecule has 0 unspecified atom stereocenters. The van der Waals surface area contributed by atoms with E-state index in [4.69, 9.17) is 9.26 Å². The number of rotatable bonds is 4. The van der Waals surface area contributed by atoms with Crippen LogP contribution in [0.5, 0.6) is 0 Å². The summed E-state index contributed by atoms with van der Waals surface area (Å²) >= 11 is 0. The summed E-state index contributed by atoms with van der Waals surface area (Å²) in [6, 6.07) is 5.62. The first-order valence-electron chi connectivity index (χ1n) is 7.70. The van der Waals surface area contributed by atoms with Gasteiger partial charge in [-0.05, 0) is 18.2 Å². The van der Waals surface area contributed by atoms with Crippen LogP contribution in [0.3, 0.4) is 0 Å². The molecule has 1 aliphatic rings. The van der Waals surface area contributed by atoms with E-state index >= 15 is 0 Å². The minimum atomic E-state index is -1.31. The predicted molar refractivity (Wildman–Crippen MR) is 81.9 cm³/mol. The molecular weight excluding hydrogens is 334 g/mol. The van der Waals surface area contributed by atoms with Gasteiger partial charge >= 0.3 is 0 Å². The quantitative estimate of drug-likeness (QED) is 0.780. The fourth-order valence-corrected chi connectivity index (χ4v) is 2.83. The Bertz CT molecular complexity index is 896. The lowest BCUT2D eigenvalue weighted by molar-refractivity contribution is 0.00876. The highest BCUT2D eigenvalue weighted by atomic mass is 19.1. The van der Waals surface area contributed by atoms with Gasteiger partial charge in [0.15, 0.2) is 0 Å². The average Bonchev–Trinajstić information content (AvgIpc) is 3.31. The van der Waals surface area contributed by atoms with Crippen molar-refractivity contribution in [3.63, 3.8) is 0 Å². The van der Waals surface area contributed by atoms with Crippen molar-refractivity contribution in [2.24, 2.45) is 0 Å². The molecule has 0 aliphatic carbocycles. The van der Waals surface area contributed by atoms with Crippen molar-refractivity contribution in [2.75, 3.05) is 13.1 Å². The fourth-order valence-electron chi connectivity index (χ4n) is 2.83. The number of aromatic nitrogens is 3. The molecule has 1 N–H and O–H groups in total. The Balaban J connectivity index is 1.39. The molecule has 3 heterocycles. The Labute approximate surface area is 140 Å². The van der Waals surface area contributed by atoms with E-state index in [9.17, 15) is 13.6 Å². The number of hydrogen-bond acceptors (Lipinski definition) is 5. The summed E-state index contributed by atoms with van der Waals surface area (Å²) in [6.07, 6.45) is -0.722. The van der Waals surface area contributed by atoms with Gasteiger partial charge in [0.05, 0.1) is 30.3 Å². The van der Waals surface area contributed by atoms with E-state index in [1.807, 2.05) is 0 Å². The predicted octanol–water partition coefficient (Wildman–Crippen LogP) is 2.07. The molecule has 4 rings (SSSR count). The SMILES string of the molecule is O=C(c1ccno1)N1C[C@@H](F)[C@@H](OCc2nc3ccc(F)cc3[nH]2)C1. The molecule has 0 saturated carbocycles. The highest BCUT2D eigenvalue weighted by molar-refractivity contribution is 5.91. The van der Waals surface area contributed by atoms with Crippen LogP contribution in [0.15, 0.2) is 35.0 Å². The summed E-state index contributed by atoms with van der Waals surface area (Å²) in [5, 5.41) is 3.47. The van der Waals surface area contributed by atoms with Crippen LogP contribution in [0.4, 0.5) is 8.78 Å². The molecule has 9 heteroatoms. The first-order chi connectivity index (χ1) is 12.1. The fraction of sp³-hybridized carbons (Fsp3) is 0.312. The summed E-state index contributed by atoms with van der Waals surface area (Å²) < 4.78 is 37.7. The molecule has 1 fully saturated rings. The Morgan fingerprint density at radius 2 is 2.28 bits per heavy atom. The molecule has 0 spiro atoms. The van der Waals surface area contributed by atoms with E-state index < -0.39 is 18.2 Å². The summed E-state index contributed by atoms with van der Waals surface area (Å²) in [5.74, 6) is -0.268. The van der Waals surface area contributed by atoms with Gasteiger partial charge in [0.2, 0.25) is 5.76 Å². The van der Waals surface area contributed by atoms with E-state index in [0.717, 1.165) is 0 Å². The van der Waals surface area contributed by atoms with Crippen molar-refractivity contribution in [2.45, 2.75) is 18.9 Å². The van der Waals surface area contributed by atoms with E-state index in [2.05, 4.69) is 15.1 Å².